The number of aromatic nitrogens is 2. The minimum Gasteiger partial charge on any atom is -0.492 e. The number of benzene rings is 1. The lowest BCUT2D eigenvalue weighted by Gasteiger charge is -2.37. The second-order valence-electron chi connectivity index (χ2n) is 9.06. The van der Waals surface area contributed by atoms with Gasteiger partial charge in [-0.1, -0.05) is 11.6 Å². The Balaban J connectivity index is 1.46. The van der Waals surface area contributed by atoms with E-state index in [0.29, 0.717) is 92.6 Å². The molecule has 12 heteroatoms. The maximum atomic E-state index is 13.1. The first kappa shape index (κ1) is 25.2. The van der Waals surface area contributed by atoms with Crippen LogP contribution in [0.3, 0.4) is 0 Å². The Kier molecular flexibility index (Phi) is 7.73. The van der Waals surface area contributed by atoms with Crippen molar-refractivity contribution in [2.24, 2.45) is 0 Å². The highest BCUT2D eigenvalue weighted by molar-refractivity contribution is 6.33. The lowest BCUT2D eigenvalue weighted by molar-refractivity contribution is -0.132. The number of anilines is 3. The normalized spacial score (nSPS) is 20.1. The fourth-order valence-corrected chi connectivity index (χ4v) is 4.84. The lowest BCUT2D eigenvalue weighted by Crippen LogP contribution is -2.52. The van der Waals surface area contributed by atoms with Crippen molar-refractivity contribution in [1.29, 1.82) is 0 Å². The van der Waals surface area contributed by atoms with Crippen LogP contribution in [0.4, 0.5) is 17.3 Å². The lowest BCUT2D eigenvalue weighted by atomic mass is 10.1. The van der Waals surface area contributed by atoms with Crippen molar-refractivity contribution in [1.82, 2.24) is 19.8 Å². The van der Waals surface area contributed by atoms with Crippen molar-refractivity contribution >= 4 is 46.3 Å². The van der Waals surface area contributed by atoms with Gasteiger partial charge in [-0.05, 0) is 18.6 Å². The number of halogens is 1. The largest absolute Gasteiger partial charge is 0.492 e. The van der Waals surface area contributed by atoms with Crippen LogP contribution in [-0.2, 0) is 14.3 Å². The molecule has 37 heavy (non-hydrogen) atoms. The van der Waals surface area contributed by atoms with Crippen LogP contribution in [0.15, 0.2) is 30.7 Å². The van der Waals surface area contributed by atoms with Crippen molar-refractivity contribution in [3.63, 3.8) is 0 Å². The molecule has 2 amide bonds. The SMILES string of the molecule is COCCN1CCCOc2cc(ccc2Cl)N/C=C2\C(=O)Nc3ncnc(c32)N2CCN(CC2)C(=O)C1. The number of carbonyl (C=O) groups excluding carboxylic acids is 2. The van der Waals surface area contributed by atoms with Gasteiger partial charge in [0, 0.05) is 64.3 Å². The fourth-order valence-electron chi connectivity index (χ4n) is 4.66. The van der Waals surface area contributed by atoms with Crippen molar-refractivity contribution in [3.05, 3.63) is 41.3 Å². The van der Waals surface area contributed by atoms with E-state index in [1.54, 1.807) is 25.4 Å². The standard InChI is InChI=1S/C25H30ClN7O4/c1-36-12-10-31-5-2-11-37-20-13-17(3-4-19(20)26)27-14-18-22-23(30-25(18)35)28-16-29-24(22)33-8-6-32(7-9-33)21(34)15-31/h3-4,13-14,16,27H,2,5-12,15H2,1H3,(H,28,29,30,35)/b18-14-. The second-order valence-corrected chi connectivity index (χ2v) is 9.47. The molecule has 4 aliphatic rings. The van der Waals surface area contributed by atoms with E-state index in [4.69, 9.17) is 21.1 Å². The van der Waals surface area contributed by atoms with E-state index in [-0.39, 0.29) is 11.8 Å². The maximum Gasteiger partial charge on any atom is 0.259 e. The van der Waals surface area contributed by atoms with Gasteiger partial charge in [0.05, 0.1) is 35.9 Å². The Morgan fingerprint density at radius 2 is 1.92 bits per heavy atom. The first-order valence-corrected chi connectivity index (χ1v) is 12.7. The summed E-state index contributed by atoms with van der Waals surface area (Å²) in [7, 11) is 1.66. The van der Waals surface area contributed by atoms with Crippen LogP contribution in [0.1, 0.15) is 12.0 Å². The summed E-state index contributed by atoms with van der Waals surface area (Å²) in [5, 5.41) is 6.52. The zero-order valence-electron chi connectivity index (χ0n) is 20.7. The summed E-state index contributed by atoms with van der Waals surface area (Å²) in [6, 6.07) is 5.37. The van der Waals surface area contributed by atoms with Crippen LogP contribution in [-0.4, -0.2) is 97.7 Å². The highest BCUT2D eigenvalue weighted by atomic mass is 35.5. The summed E-state index contributed by atoms with van der Waals surface area (Å²) in [6.45, 7) is 5.01. The molecule has 2 aromatic rings. The Hall–Kier alpha value is -3.41. The third-order valence-corrected chi connectivity index (χ3v) is 6.98. The van der Waals surface area contributed by atoms with E-state index in [1.807, 2.05) is 11.0 Å². The summed E-state index contributed by atoms with van der Waals surface area (Å²) in [6.07, 6.45) is 3.83. The molecule has 0 atom stereocenters. The topological polar surface area (TPSA) is 112 Å². The van der Waals surface area contributed by atoms with Gasteiger partial charge in [-0.15, -0.1) is 0 Å². The predicted molar refractivity (Wildman–Crippen MR) is 141 cm³/mol. The molecule has 11 nitrogen and oxygen atoms in total. The first-order valence-electron chi connectivity index (χ1n) is 12.3. The molecule has 1 fully saturated rings. The number of piperazine rings is 1. The van der Waals surface area contributed by atoms with Crippen molar-refractivity contribution in [3.8, 4) is 5.75 Å². The van der Waals surface area contributed by atoms with E-state index in [2.05, 4.69) is 30.4 Å². The molecule has 0 aliphatic carbocycles. The van der Waals surface area contributed by atoms with Crippen LogP contribution in [0, 0.1) is 0 Å². The van der Waals surface area contributed by atoms with Gasteiger partial charge in [0.1, 0.15) is 23.7 Å². The Morgan fingerprint density at radius 1 is 1.11 bits per heavy atom. The predicted octanol–water partition coefficient (Wildman–Crippen LogP) is 1.91. The molecule has 0 unspecified atom stereocenters. The average Bonchev–Trinajstić information content (AvgIpc) is 3.24. The van der Waals surface area contributed by atoms with Crippen LogP contribution in [0.5, 0.6) is 5.75 Å². The quantitative estimate of drug-likeness (QED) is 0.618. The zero-order valence-corrected chi connectivity index (χ0v) is 21.5. The number of nitrogens with one attached hydrogen (secondary N) is 2. The Labute approximate surface area is 220 Å². The molecule has 0 spiro atoms. The molecular formula is C25H30ClN7O4. The van der Waals surface area contributed by atoms with Crippen LogP contribution < -0.4 is 20.3 Å². The summed E-state index contributed by atoms with van der Waals surface area (Å²) in [5.74, 6) is 1.51. The molecule has 2 N–H and O–H groups in total. The van der Waals surface area contributed by atoms with E-state index < -0.39 is 0 Å². The summed E-state index contributed by atoms with van der Waals surface area (Å²) >= 11 is 6.37. The van der Waals surface area contributed by atoms with Crippen molar-refractivity contribution < 1.29 is 19.1 Å². The van der Waals surface area contributed by atoms with Gasteiger partial charge in [0.25, 0.3) is 5.91 Å². The monoisotopic (exact) mass is 527 g/mol. The Bertz CT molecular complexity index is 1200. The van der Waals surface area contributed by atoms with Gasteiger partial charge < -0.3 is 29.9 Å². The van der Waals surface area contributed by atoms with Gasteiger partial charge in [0.15, 0.2) is 0 Å². The first-order chi connectivity index (χ1) is 18.0. The maximum absolute atomic E-state index is 13.1. The molecule has 4 aliphatic heterocycles. The van der Waals surface area contributed by atoms with Crippen LogP contribution in [0.25, 0.3) is 5.57 Å². The molecule has 196 valence electrons. The third kappa shape index (κ3) is 5.63. The number of hydrogen-bond acceptors (Lipinski definition) is 9. The van der Waals surface area contributed by atoms with E-state index >= 15 is 0 Å². The van der Waals surface area contributed by atoms with Crippen LogP contribution >= 0.6 is 11.6 Å². The third-order valence-electron chi connectivity index (χ3n) is 6.67. The van der Waals surface area contributed by atoms with Crippen LogP contribution in [0.2, 0.25) is 5.02 Å². The highest BCUT2D eigenvalue weighted by Gasteiger charge is 2.33. The van der Waals surface area contributed by atoms with E-state index in [1.165, 1.54) is 6.33 Å². The molecule has 5 heterocycles. The van der Waals surface area contributed by atoms with Gasteiger partial charge >= 0.3 is 0 Å². The molecule has 4 bridgehead atoms. The molecule has 1 aromatic heterocycles. The minimum atomic E-state index is -0.259. The minimum absolute atomic E-state index is 0.0832. The van der Waals surface area contributed by atoms with Gasteiger partial charge in [-0.3, -0.25) is 14.5 Å². The fraction of sp³-hybridized carbons (Fsp3) is 0.440. The number of nitrogens with zero attached hydrogens (tertiary/aromatic N) is 5. The molecule has 0 saturated carbocycles. The number of rotatable bonds is 3. The number of methoxy groups -OCH3 is 1. The highest BCUT2D eigenvalue weighted by Crippen LogP contribution is 2.37. The van der Waals surface area contributed by atoms with Gasteiger partial charge in [0.2, 0.25) is 5.91 Å². The second kappa shape index (κ2) is 11.3. The van der Waals surface area contributed by atoms with Gasteiger partial charge in [-0.2, -0.15) is 0 Å². The average molecular weight is 528 g/mol. The van der Waals surface area contributed by atoms with E-state index in [9.17, 15) is 9.59 Å². The van der Waals surface area contributed by atoms with E-state index in [0.717, 1.165) is 12.1 Å². The molecular weight excluding hydrogens is 498 g/mol. The van der Waals surface area contributed by atoms with Crippen molar-refractivity contribution in [2.75, 3.05) is 81.7 Å². The number of amides is 2. The molecule has 1 aromatic carbocycles. The summed E-state index contributed by atoms with van der Waals surface area (Å²) in [4.78, 5) is 40.8. The number of hydrogen-bond donors (Lipinski definition) is 2. The zero-order chi connectivity index (χ0) is 25.8. The number of carbonyl (C=O) groups is 2. The molecule has 6 rings (SSSR count). The number of fused-ring (bicyclic) bond motifs is 9. The smallest absolute Gasteiger partial charge is 0.259 e. The Morgan fingerprint density at radius 3 is 2.73 bits per heavy atom. The molecule has 1 saturated heterocycles. The van der Waals surface area contributed by atoms with Crippen molar-refractivity contribution in [2.45, 2.75) is 6.42 Å². The van der Waals surface area contributed by atoms with Gasteiger partial charge in [-0.25, -0.2) is 9.97 Å². The number of ether oxygens (including phenoxy) is 2. The summed E-state index contributed by atoms with van der Waals surface area (Å²) in [5.41, 5.74) is 1.81. The molecule has 0 radical (unpaired) electrons. The summed E-state index contributed by atoms with van der Waals surface area (Å²) < 4.78 is 11.2.